The van der Waals surface area contributed by atoms with E-state index in [9.17, 15) is 4.39 Å². The van der Waals surface area contributed by atoms with E-state index < -0.39 is 6.17 Å². The van der Waals surface area contributed by atoms with Crippen molar-refractivity contribution in [2.75, 3.05) is 6.61 Å². The fourth-order valence-electron chi connectivity index (χ4n) is 0.769. The van der Waals surface area contributed by atoms with E-state index in [1.54, 1.807) is 0 Å². The third-order valence-electron chi connectivity index (χ3n) is 1.17. The average Bonchev–Trinajstić information content (AvgIpc) is 1.63. The Hall–Kier alpha value is -0.110. The van der Waals surface area contributed by atoms with Crippen LogP contribution in [0.2, 0.25) is 0 Å². The van der Waals surface area contributed by atoms with Crippen molar-refractivity contribution in [2.24, 2.45) is 5.92 Å². The molecule has 0 heterocycles. The first-order valence-electron chi connectivity index (χ1n) is 3.41. The van der Waals surface area contributed by atoms with E-state index in [1.165, 1.54) is 0 Å². The number of hydrogen-bond donors (Lipinski definition) is 1. The van der Waals surface area contributed by atoms with Crippen LogP contribution in [0.3, 0.4) is 0 Å². The lowest BCUT2D eigenvalue weighted by atomic mass is 10.1. The predicted octanol–water partition coefficient (Wildman–Crippen LogP) is 1.75. The minimum absolute atomic E-state index is 0.0338. The molecule has 0 spiro atoms. The molecule has 0 aliphatic carbocycles. The van der Waals surface area contributed by atoms with E-state index in [-0.39, 0.29) is 13.0 Å². The fraction of sp³-hybridized carbons (Fsp3) is 1.00. The summed E-state index contributed by atoms with van der Waals surface area (Å²) in [4.78, 5) is 0. The Labute approximate surface area is 55.9 Å². The highest BCUT2D eigenvalue weighted by Gasteiger charge is 2.06. The van der Waals surface area contributed by atoms with E-state index in [1.807, 2.05) is 13.8 Å². The molecule has 0 aliphatic rings. The quantitative estimate of drug-likeness (QED) is 0.621. The highest BCUT2D eigenvalue weighted by atomic mass is 19.1. The van der Waals surface area contributed by atoms with E-state index in [2.05, 4.69) is 0 Å². The number of rotatable bonds is 4. The number of halogens is 1. The summed E-state index contributed by atoms with van der Waals surface area (Å²) in [5, 5.41) is 8.31. The average molecular weight is 134 g/mol. The van der Waals surface area contributed by atoms with Gasteiger partial charge in [-0.2, -0.15) is 0 Å². The van der Waals surface area contributed by atoms with Gasteiger partial charge < -0.3 is 5.11 Å². The molecular formula is C7H15FO. The number of aliphatic hydroxyl groups is 1. The SMILES string of the molecule is CC(C)CC(F)CCO. The van der Waals surface area contributed by atoms with Crippen molar-refractivity contribution in [2.45, 2.75) is 32.9 Å². The van der Waals surface area contributed by atoms with Gasteiger partial charge in [-0.1, -0.05) is 13.8 Å². The summed E-state index contributed by atoms with van der Waals surface area (Å²) in [5.41, 5.74) is 0. The molecule has 1 atom stereocenters. The number of hydrogen-bond acceptors (Lipinski definition) is 1. The van der Waals surface area contributed by atoms with E-state index >= 15 is 0 Å². The summed E-state index contributed by atoms with van der Waals surface area (Å²) in [6, 6.07) is 0. The summed E-state index contributed by atoms with van der Waals surface area (Å²) in [7, 11) is 0. The van der Waals surface area contributed by atoms with Crippen LogP contribution in [0.5, 0.6) is 0 Å². The van der Waals surface area contributed by atoms with E-state index in [0.717, 1.165) is 0 Å². The smallest absolute Gasteiger partial charge is 0.103 e. The fourth-order valence-corrected chi connectivity index (χ4v) is 0.769. The number of alkyl halides is 1. The van der Waals surface area contributed by atoms with Gasteiger partial charge in [-0.25, -0.2) is 4.39 Å². The molecule has 9 heavy (non-hydrogen) atoms. The van der Waals surface area contributed by atoms with E-state index in [4.69, 9.17) is 5.11 Å². The van der Waals surface area contributed by atoms with Crippen LogP contribution in [0.15, 0.2) is 0 Å². The second-order valence-corrected chi connectivity index (χ2v) is 2.74. The molecule has 0 aliphatic heterocycles. The van der Waals surface area contributed by atoms with Gasteiger partial charge in [-0.3, -0.25) is 0 Å². The summed E-state index contributed by atoms with van der Waals surface area (Å²) < 4.78 is 12.5. The van der Waals surface area contributed by atoms with Gasteiger partial charge in [-0.15, -0.1) is 0 Å². The Bertz CT molecular complexity index is 63.9. The lowest BCUT2D eigenvalue weighted by Gasteiger charge is -2.07. The van der Waals surface area contributed by atoms with Crippen molar-refractivity contribution >= 4 is 0 Å². The second kappa shape index (κ2) is 4.74. The molecule has 0 rings (SSSR count). The molecular weight excluding hydrogens is 119 g/mol. The third kappa shape index (κ3) is 5.77. The first kappa shape index (κ1) is 8.89. The Kier molecular flexibility index (Phi) is 4.68. The Balaban J connectivity index is 3.15. The van der Waals surface area contributed by atoms with Crippen molar-refractivity contribution in [1.82, 2.24) is 0 Å². The van der Waals surface area contributed by atoms with Crippen LogP contribution in [0.4, 0.5) is 4.39 Å². The second-order valence-electron chi connectivity index (χ2n) is 2.74. The molecule has 0 aromatic rings. The molecule has 0 aromatic heterocycles. The maximum atomic E-state index is 12.5. The van der Waals surface area contributed by atoms with Gasteiger partial charge in [0.25, 0.3) is 0 Å². The largest absolute Gasteiger partial charge is 0.396 e. The molecule has 1 unspecified atom stereocenters. The van der Waals surface area contributed by atoms with Gasteiger partial charge >= 0.3 is 0 Å². The van der Waals surface area contributed by atoms with Crippen LogP contribution < -0.4 is 0 Å². The lowest BCUT2D eigenvalue weighted by Crippen LogP contribution is -2.06. The zero-order chi connectivity index (χ0) is 7.28. The van der Waals surface area contributed by atoms with Gasteiger partial charge in [0.1, 0.15) is 6.17 Å². The predicted molar refractivity (Wildman–Crippen MR) is 36.1 cm³/mol. The van der Waals surface area contributed by atoms with Crippen LogP contribution >= 0.6 is 0 Å². The molecule has 56 valence electrons. The highest BCUT2D eigenvalue weighted by molar-refractivity contribution is 4.57. The first-order valence-corrected chi connectivity index (χ1v) is 3.41. The Morgan fingerprint density at radius 2 is 2.00 bits per heavy atom. The molecule has 1 nitrogen and oxygen atoms in total. The lowest BCUT2D eigenvalue weighted by molar-refractivity contribution is 0.200. The zero-order valence-electron chi connectivity index (χ0n) is 6.10. The van der Waals surface area contributed by atoms with Crippen molar-refractivity contribution in [3.63, 3.8) is 0 Å². The molecule has 0 fully saturated rings. The minimum Gasteiger partial charge on any atom is -0.396 e. The van der Waals surface area contributed by atoms with Gasteiger partial charge in [0, 0.05) is 13.0 Å². The van der Waals surface area contributed by atoms with Gasteiger partial charge in [-0.05, 0) is 12.3 Å². The summed E-state index contributed by atoms with van der Waals surface area (Å²) >= 11 is 0. The van der Waals surface area contributed by atoms with Crippen molar-refractivity contribution in [3.8, 4) is 0 Å². The van der Waals surface area contributed by atoms with Crippen molar-refractivity contribution in [1.29, 1.82) is 0 Å². The van der Waals surface area contributed by atoms with Crippen LogP contribution in [0.1, 0.15) is 26.7 Å². The third-order valence-corrected chi connectivity index (χ3v) is 1.17. The molecule has 0 amide bonds. The zero-order valence-corrected chi connectivity index (χ0v) is 6.10. The summed E-state index contributed by atoms with van der Waals surface area (Å²) in [5.74, 6) is 0.395. The molecule has 0 aromatic carbocycles. The van der Waals surface area contributed by atoms with Gasteiger partial charge in [0.05, 0.1) is 0 Å². The minimum atomic E-state index is -0.810. The topological polar surface area (TPSA) is 20.2 Å². The molecule has 0 saturated heterocycles. The normalized spacial score (nSPS) is 14.3. The molecule has 0 radical (unpaired) electrons. The maximum Gasteiger partial charge on any atom is 0.103 e. The van der Waals surface area contributed by atoms with Crippen LogP contribution in [-0.4, -0.2) is 17.9 Å². The number of aliphatic hydroxyl groups excluding tert-OH is 1. The Morgan fingerprint density at radius 1 is 1.44 bits per heavy atom. The Morgan fingerprint density at radius 3 is 2.33 bits per heavy atom. The molecule has 2 heteroatoms. The monoisotopic (exact) mass is 134 g/mol. The highest BCUT2D eigenvalue weighted by Crippen LogP contribution is 2.10. The van der Waals surface area contributed by atoms with Gasteiger partial charge in [0.2, 0.25) is 0 Å². The van der Waals surface area contributed by atoms with Crippen LogP contribution in [0, 0.1) is 5.92 Å². The van der Waals surface area contributed by atoms with Gasteiger partial charge in [0.15, 0.2) is 0 Å². The van der Waals surface area contributed by atoms with Crippen LogP contribution in [0.25, 0.3) is 0 Å². The molecule has 0 saturated carbocycles. The van der Waals surface area contributed by atoms with E-state index in [0.29, 0.717) is 12.3 Å². The first-order chi connectivity index (χ1) is 4.16. The maximum absolute atomic E-state index is 12.5. The van der Waals surface area contributed by atoms with Crippen molar-refractivity contribution in [3.05, 3.63) is 0 Å². The standard InChI is InChI=1S/C7H15FO/c1-6(2)5-7(8)3-4-9/h6-7,9H,3-5H2,1-2H3. The van der Waals surface area contributed by atoms with Crippen molar-refractivity contribution < 1.29 is 9.50 Å². The van der Waals surface area contributed by atoms with Crippen LogP contribution in [-0.2, 0) is 0 Å². The molecule has 1 N–H and O–H groups in total. The summed E-state index contributed by atoms with van der Waals surface area (Å²) in [6.45, 7) is 3.92. The molecule has 0 bridgehead atoms. The summed E-state index contributed by atoms with van der Waals surface area (Å²) in [6.07, 6.45) is 0.0497.